The van der Waals surface area contributed by atoms with Crippen molar-refractivity contribution in [3.05, 3.63) is 125 Å². The van der Waals surface area contributed by atoms with E-state index >= 15 is 0 Å². The summed E-state index contributed by atoms with van der Waals surface area (Å²) in [6.45, 7) is 6.95. The summed E-state index contributed by atoms with van der Waals surface area (Å²) in [6, 6.07) is 28.4. The molecule has 4 rings (SSSR count). The Morgan fingerprint density at radius 3 is 2.11 bits per heavy atom. The number of ether oxygens (including phenoxy) is 1. The van der Waals surface area contributed by atoms with Gasteiger partial charge in [-0.15, -0.1) is 0 Å². The van der Waals surface area contributed by atoms with E-state index in [1.807, 2.05) is 64.1 Å². The maximum absolute atomic E-state index is 14.6. The van der Waals surface area contributed by atoms with Gasteiger partial charge < -0.3 is 15.0 Å². The van der Waals surface area contributed by atoms with Gasteiger partial charge in [-0.25, -0.2) is 8.42 Å². The van der Waals surface area contributed by atoms with E-state index in [0.29, 0.717) is 16.3 Å². The van der Waals surface area contributed by atoms with Gasteiger partial charge in [0, 0.05) is 23.5 Å². The third kappa shape index (κ3) is 9.11. The van der Waals surface area contributed by atoms with Crippen LogP contribution in [0.3, 0.4) is 0 Å². The molecule has 4 aromatic carbocycles. The lowest BCUT2D eigenvalue weighted by Gasteiger charge is -2.35. The van der Waals surface area contributed by atoms with Crippen molar-refractivity contribution in [2.75, 3.05) is 18.0 Å². The van der Waals surface area contributed by atoms with Gasteiger partial charge in [-0.1, -0.05) is 71.8 Å². The number of nitrogens with zero attached hydrogens (tertiary/aromatic N) is 2. The summed E-state index contributed by atoms with van der Waals surface area (Å²) in [7, 11) is -2.65. The molecular formula is C36H40ClN3O5S. The average Bonchev–Trinajstić information content (AvgIpc) is 3.02. The zero-order chi connectivity index (χ0) is 33.5. The van der Waals surface area contributed by atoms with E-state index in [9.17, 15) is 18.0 Å². The second kappa shape index (κ2) is 14.8. The van der Waals surface area contributed by atoms with Crippen molar-refractivity contribution in [3.8, 4) is 5.75 Å². The Morgan fingerprint density at radius 2 is 1.50 bits per heavy atom. The average molecular weight is 662 g/mol. The highest BCUT2D eigenvalue weighted by atomic mass is 35.5. The molecule has 2 amide bonds. The molecule has 0 aliphatic rings. The van der Waals surface area contributed by atoms with Crippen molar-refractivity contribution >= 4 is 39.1 Å². The highest BCUT2D eigenvalue weighted by Gasteiger charge is 2.35. The van der Waals surface area contributed by atoms with Crippen molar-refractivity contribution in [1.82, 2.24) is 10.2 Å². The van der Waals surface area contributed by atoms with E-state index in [0.717, 1.165) is 15.4 Å². The zero-order valence-electron chi connectivity index (χ0n) is 26.7. The molecule has 0 bridgehead atoms. The molecule has 1 N–H and O–H groups in total. The minimum atomic E-state index is -4.21. The molecule has 46 heavy (non-hydrogen) atoms. The predicted molar refractivity (Wildman–Crippen MR) is 183 cm³/mol. The summed E-state index contributed by atoms with van der Waals surface area (Å²) in [6.07, 6.45) is 0.212. The van der Waals surface area contributed by atoms with E-state index < -0.39 is 34.1 Å². The molecule has 0 unspecified atom stereocenters. The van der Waals surface area contributed by atoms with Crippen LogP contribution in [0.2, 0.25) is 5.02 Å². The van der Waals surface area contributed by atoms with E-state index in [-0.39, 0.29) is 29.5 Å². The molecule has 0 aromatic heterocycles. The first-order valence-corrected chi connectivity index (χ1v) is 16.7. The van der Waals surface area contributed by atoms with Gasteiger partial charge in [-0.2, -0.15) is 0 Å². The summed E-state index contributed by atoms with van der Waals surface area (Å²) >= 11 is 6.14. The number of anilines is 1. The van der Waals surface area contributed by atoms with Gasteiger partial charge in [0.2, 0.25) is 11.8 Å². The Morgan fingerprint density at radius 1 is 0.870 bits per heavy atom. The Hall–Kier alpha value is -4.34. The van der Waals surface area contributed by atoms with Crippen LogP contribution in [0.4, 0.5) is 5.69 Å². The smallest absolute Gasteiger partial charge is 0.264 e. The molecule has 0 fully saturated rings. The number of hydrogen-bond donors (Lipinski definition) is 1. The van der Waals surface area contributed by atoms with E-state index in [1.54, 1.807) is 61.7 Å². The largest absolute Gasteiger partial charge is 0.497 e. The quantitative estimate of drug-likeness (QED) is 0.189. The van der Waals surface area contributed by atoms with Gasteiger partial charge in [0.1, 0.15) is 18.3 Å². The van der Waals surface area contributed by atoms with Gasteiger partial charge in [-0.05, 0) is 87.4 Å². The first kappa shape index (κ1) is 34.5. The second-order valence-corrected chi connectivity index (χ2v) is 14.4. The zero-order valence-corrected chi connectivity index (χ0v) is 28.3. The predicted octanol–water partition coefficient (Wildman–Crippen LogP) is 6.41. The number of carbonyl (C=O) groups excluding carboxylic acids is 2. The summed E-state index contributed by atoms with van der Waals surface area (Å²) in [4.78, 5) is 30.0. The van der Waals surface area contributed by atoms with Crippen LogP contribution in [-0.4, -0.2) is 50.4 Å². The Labute approximate surface area is 277 Å². The van der Waals surface area contributed by atoms with E-state index in [1.165, 1.54) is 17.0 Å². The van der Waals surface area contributed by atoms with Crippen LogP contribution in [0.5, 0.6) is 5.75 Å². The summed E-state index contributed by atoms with van der Waals surface area (Å²) in [5.74, 6) is -0.320. The van der Waals surface area contributed by atoms with E-state index in [2.05, 4.69) is 5.32 Å². The number of sulfonamides is 1. The van der Waals surface area contributed by atoms with Crippen LogP contribution < -0.4 is 14.4 Å². The minimum absolute atomic E-state index is 0.0319. The molecule has 4 aromatic rings. The van der Waals surface area contributed by atoms with Crippen LogP contribution in [0.15, 0.2) is 108 Å². The summed E-state index contributed by atoms with van der Waals surface area (Å²) < 4.78 is 34.8. The molecule has 0 aliphatic heterocycles. The number of carbonyl (C=O) groups is 2. The molecule has 0 heterocycles. The normalized spacial score (nSPS) is 12.2. The summed E-state index contributed by atoms with van der Waals surface area (Å²) in [5, 5.41) is 3.45. The van der Waals surface area contributed by atoms with Crippen molar-refractivity contribution in [2.24, 2.45) is 0 Å². The molecule has 0 aliphatic carbocycles. The minimum Gasteiger partial charge on any atom is -0.497 e. The van der Waals surface area contributed by atoms with Crippen molar-refractivity contribution in [1.29, 1.82) is 0 Å². The monoisotopic (exact) mass is 661 g/mol. The van der Waals surface area contributed by atoms with Crippen molar-refractivity contribution in [3.63, 3.8) is 0 Å². The highest BCUT2D eigenvalue weighted by Crippen LogP contribution is 2.27. The lowest BCUT2D eigenvalue weighted by atomic mass is 10.0. The Balaban J connectivity index is 1.82. The second-order valence-electron chi connectivity index (χ2n) is 12.1. The standard InChI is InChI=1S/C36H40ClN3O5S/c1-26-14-20-32(21-15-26)46(43,44)40(30-18-16-29(37)17-19-30)25-34(41)39(24-28-12-9-13-31(22-28)45-5)33(35(42)38-36(2,3)4)23-27-10-7-6-8-11-27/h6-22,33H,23-25H2,1-5H3,(H,38,42)/t33-/m1/s1. The first-order valence-electron chi connectivity index (χ1n) is 14.9. The number of halogens is 1. The third-order valence-corrected chi connectivity index (χ3v) is 9.30. The Kier molecular flexibility index (Phi) is 11.1. The van der Waals surface area contributed by atoms with Gasteiger partial charge in [0.25, 0.3) is 10.0 Å². The fourth-order valence-electron chi connectivity index (χ4n) is 4.95. The van der Waals surface area contributed by atoms with Gasteiger partial charge in [-0.3, -0.25) is 13.9 Å². The number of benzene rings is 4. The molecule has 0 saturated heterocycles. The first-order chi connectivity index (χ1) is 21.8. The van der Waals surface area contributed by atoms with Crippen LogP contribution >= 0.6 is 11.6 Å². The fourth-order valence-corrected chi connectivity index (χ4v) is 6.49. The van der Waals surface area contributed by atoms with Crippen LogP contribution in [-0.2, 0) is 32.6 Å². The number of hydrogen-bond acceptors (Lipinski definition) is 5. The lowest BCUT2D eigenvalue weighted by molar-refractivity contribution is -0.140. The van der Waals surface area contributed by atoms with Gasteiger partial charge in [0.15, 0.2) is 0 Å². The highest BCUT2D eigenvalue weighted by molar-refractivity contribution is 7.92. The molecule has 242 valence electrons. The van der Waals surface area contributed by atoms with Gasteiger partial charge in [0.05, 0.1) is 17.7 Å². The number of aryl methyl sites for hydroxylation is 1. The van der Waals surface area contributed by atoms with Gasteiger partial charge >= 0.3 is 0 Å². The van der Waals surface area contributed by atoms with Crippen LogP contribution in [0.1, 0.15) is 37.5 Å². The van der Waals surface area contributed by atoms with E-state index in [4.69, 9.17) is 16.3 Å². The topological polar surface area (TPSA) is 96.0 Å². The Bertz CT molecular complexity index is 1740. The van der Waals surface area contributed by atoms with Crippen molar-refractivity contribution in [2.45, 2.75) is 57.1 Å². The molecule has 0 spiro atoms. The number of nitrogens with one attached hydrogen (secondary N) is 1. The maximum Gasteiger partial charge on any atom is 0.264 e. The van der Waals surface area contributed by atoms with Crippen LogP contribution in [0.25, 0.3) is 0 Å². The molecular weight excluding hydrogens is 622 g/mol. The fraction of sp³-hybridized carbons (Fsp3) is 0.278. The molecule has 0 saturated carbocycles. The summed E-state index contributed by atoms with van der Waals surface area (Å²) in [5.41, 5.74) is 2.14. The number of methoxy groups -OCH3 is 1. The molecule has 8 nitrogen and oxygen atoms in total. The maximum atomic E-state index is 14.6. The number of rotatable bonds is 12. The third-order valence-electron chi connectivity index (χ3n) is 7.26. The van der Waals surface area contributed by atoms with Crippen LogP contribution in [0, 0.1) is 6.92 Å². The molecule has 10 heteroatoms. The molecule has 1 atom stereocenters. The number of amides is 2. The van der Waals surface area contributed by atoms with Crippen molar-refractivity contribution < 1.29 is 22.7 Å². The SMILES string of the molecule is COc1cccc(CN(C(=O)CN(c2ccc(Cl)cc2)S(=O)(=O)c2ccc(C)cc2)[C@H](Cc2ccccc2)C(=O)NC(C)(C)C)c1. The molecule has 0 radical (unpaired) electrons. The lowest BCUT2D eigenvalue weighted by Crippen LogP contribution is -2.56.